The third-order valence-corrected chi connectivity index (χ3v) is 2.24. The maximum absolute atomic E-state index is 3.87. The maximum Gasteiger partial charge on any atom is 0.188 e. The molecule has 1 unspecified atom stereocenters. The maximum atomic E-state index is 3.87. The van der Waals surface area contributed by atoms with Crippen LogP contribution in [0.1, 0.15) is 45.4 Å². The molecule has 1 rings (SSSR count). The number of tetrazole rings is 1. The summed E-state index contributed by atoms with van der Waals surface area (Å²) in [4.78, 5) is 0. The predicted molar refractivity (Wildman–Crippen MR) is 54.6 cm³/mol. The minimum atomic E-state index is 0.528. The number of aromatic amines is 1. The number of nitrogens with one attached hydrogen (secondary N) is 2. The van der Waals surface area contributed by atoms with Crippen molar-refractivity contribution in [1.29, 1.82) is 0 Å². The Morgan fingerprint density at radius 1 is 1.43 bits per heavy atom. The molecule has 14 heavy (non-hydrogen) atoms. The summed E-state index contributed by atoms with van der Waals surface area (Å²) in [5.41, 5.74) is 0. The van der Waals surface area contributed by atoms with Gasteiger partial charge in [0.1, 0.15) is 0 Å². The van der Waals surface area contributed by atoms with Crippen LogP contribution in [0.3, 0.4) is 0 Å². The molecule has 1 heterocycles. The Kier molecular flexibility index (Phi) is 5.14. The summed E-state index contributed by atoms with van der Waals surface area (Å²) in [5.74, 6) is 0.729. The van der Waals surface area contributed by atoms with Crippen LogP contribution in [0.4, 0.5) is 0 Å². The minimum Gasteiger partial charge on any atom is -0.307 e. The van der Waals surface area contributed by atoms with E-state index in [9.17, 15) is 0 Å². The van der Waals surface area contributed by atoms with Gasteiger partial charge in [-0.2, -0.15) is 5.21 Å². The number of unbranched alkanes of at least 4 members (excludes halogenated alkanes) is 2. The van der Waals surface area contributed by atoms with Gasteiger partial charge in [-0.1, -0.05) is 31.4 Å². The van der Waals surface area contributed by atoms with Crippen molar-refractivity contribution >= 4 is 0 Å². The zero-order chi connectivity index (χ0) is 10.2. The van der Waals surface area contributed by atoms with Gasteiger partial charge in [-0.25, -0.2) is 0 Å². The highest BCUT2D eigenvalue weighted by molar-refractivity contribution is 4.75. The van der Waals surface area contributed by atoms with E-state index in [-0.39, 0.29) is 0 Å². The fraction of sp³-hybridized carbons (Fsp3) is 0.889. The Hall–Kier alpha value is -0.970. The molecule has 80 valence electrons. The normalized spacial score (nSPS) is 13.0. The summed E-state index contributed by atoms with van der Waals surface area (Å²) in [6.07, 6.45) is 5.09. The molecule has 0 spiro atoms. The Balaban J connectivity index is 2.06. The summed E-state index contributed by atoms with van der Waals surface area (Å²) < 4.78 is 0. The van der Waals surface area contributed by atoms with Crippen molar-refractivity contribution in [3.8, 4) is 0 Å². The van der Waals surface area contributed by atoms with E-state index < -0.39 is 0 Å². The van der Waals surface area contributed by atoms with E-state index in [1.165, 1.54) is 25.7 Å². The van der Waals surface area contributed by atoms with Crippen LogP contribution in [0.2, 0.25) is 0 Å². The van der Waals surface area contributed by atoms with Crippen molar-refractivity contribution in [2.45, 2.75) is 52.1 Å². The van der Waals surface area contributed by atoms with Crippen LogP contribution in [0, 0.1) is 0 Å². The molecule has 0 aromatic carbocycles. The van der Waals surface area contributed by atoms with E-state index >= 15 is 0 Å². The van der Waals surface area contributed by atoms with Crippen molar-refractivity contribution in [3.05, 3.63) is 5.82 Å². The number of rotatable bonds is 7. The zero-order valence-corrected chi connectivity index (χ0v) is 8.95. The van der Waals surface area contributed by atoms with E-state index in [1.54, 1.807) is 0 Å². The Morgan fingerprint density at radius 3 is 2.93 bits per heavy atom. The average Bonchev–Trinajstić information content (AvgIpc) is 2.68. The molecule has 0 bridgehead atoms. The topological polar surface area (TPSA) is 66.5 Å². The van der Waals surface area contributed by atoms with Crippen LogP contribution in [0.15, 0.2) is 0 Å². The largest absolute Gasteiger partial charge is 0.307 e. The highest BCUT2D eigenvalue weighted by atomic mass is 15.5. The second-order valence-electron chi connectivity index (χ2n) is 3.61. The predicted octanol–water partition coefficient (Wildman–Crippen LogP) is 1.26. The van der Waals surface area contributed by atoms with Gasteiger partial charge in [0.25, 0.3) is 0 Å². The fourth-order valence-electron chi connectivity index (χ4n) is 1.33. The second-order valence-corrected chi connectivity index (χ2v) is 3.61. The van der Waals surface area contributed by atoms with Gasteiger partial charge >= 0.3 is 0 Å². The molecule has 0 saturated heterocycles. The molecule has 1 atom stereocenters. The molecule has 0 aliphatic heterocycles. The van der Waals surface area contributed by atoms with Gasteiger partial charge < -0.3 is 5.32 Å². The molecule has 0 aliphatic rings. The molecule has 5 nitrogen and oxygen atoms in total. The van der Waals surface area contributed by atoms with Crippen LogP contribution >= 0.6 is 0 Å². The zero-order valence-electron chi connectivity index (χ0n) is 8.95. The van der Waals surface area contributed by atoms with Gasteiger partial charge in [-0.3, -0.25) is 0 Å². The quantitative estimate of drug-likeness (QED) is 0.646. The Bertz CT molecular complexity index is 221. The van der Waals surface area contributed by atoms with Crippen molar-refractivity contribution < 1.29 is 0 Å². The number of H-pyrrole nitrogens is 1. The summed E-state index contributed by atoms with van der Waals surface area (Å²) in [5, 5.41) is 17.0. The minimum absolute atomic E-state index is 0.528. The van der Waals surface area contributed by atoms with Gasteiger partial charge in [0, 0.05) is 6.04 Å². The highest BCUT2D eigenvalue weighted by Crippen LogP contribution is 2.02. The molecular weight excluding hydrogens is 178 g/mol. The molecule has 0 aliphatic carbocycles. The summed E-state index contributed by atoms with van der Waals surface area (Å²) in [7, 11) is 0. The lowest BCUT2D eigenvalue weighted by Crippen LogP contribution is -2.25. The third kappa shape index (κ3) is 4.32. The molecular formula is C9H19N5. The number of nitrogens with zero attached hydrogens (tertiary/aromatic N) is 3. The second kappa shape index (κ2) is 6.48. The van der Waals surface area contributed by atoms with Gasteiger partial charge in [-0.05, 0) is 13.3 Å². The first kappa shape index (κ1) is 11.1. The molecule has 5 heteroatoms. The number of hydrogen-bond acceptors (Lipinski definition) is 4. The van der Waals surface area contributed by atoms with E-state index in [1.807, 2.05) is 0 Å². The summed E-state index contributed by atoms with van der Waals surface area (Å²) >= 11 is 0. The third-order valence-electron chi connectivity index (χ3n) is 2.24. The smallest absolute Gasteiger partial charge is 0.188 e. The average molecular weight is 197 g/mol. The van der Waals surface area contributed by atoms with Crippen molar-refractivity contribution in [3.63, 3.8) is 0 Å². The molecule has 1 aromatic rings. The number of hydrogen-bond donors (Lipinski definition) is 2. The van der Waals surface area contributed by atoms with Gasteiger partial charge in [0.2, 0.25) is 0 Å². The Labute approximate surface area is 84.7 Å². The van der Waals surface area contributed by atoms with E-state index in [4.69, 9.17) is 0 Å². The first-order valence-corrected chi connectivity index (χ1v) is 5.28. The standard InChI is InChI=1S/C9H19N5/c1-3-4-5-6-8(2)10-7-9-11-13-14-12-9/h8,10H,3-7H2,1-2H3,(H,11,12,13,14). The summed E-state index contributed by atoms with van der Waals surface area (Å²) in [6.45, 7) is 5.11. The van der Waals surface area contributed by atoms with Crippen LogP contribution in [-0.4, -0.2) is 26.7 Å². The van der Waals surface area contributed by atoms with E-state index in [0.717, 1.165) is 5.82 Å². The van der Waals surface area contributed by atoms with Crippen LogP contribution in [-0.2, 0) is 6.54 Å². The van der Waals surface area contributed by atoms with E-state index in [2.05, 4.69) is 39.8 Å². The van der Waals surface area contributed by atoms with E-state index in [0.29, 0.717) is 12.6 Å². The van der Waals surface area contributed by atoms with Crippen molar-refractivity contribution in [1.82, 2.24) is 25.9 Å². The lowest BCUT2D eigenvalue weighted by Gasteiger charge is -2.11. The molecule has 0 saturated carbocycles. The monoisotopic (exact) mass is 197 g/mol. The molecule has 1 aromatic heterocycles. The SMILES string of the molecule is CCCCCC(C)NCc1nn[nH]n1. The van der Waals surface area contributed by atoms with Crippen LogP contribution < -0.4 is 5.32 Å². The van der Waals surface area contributed by atoms with Gasteiger partial charge in [0.05, 0.1) is 6.54 Å². The lowest BCUT2D eigenvalue weighted by atomic mass is 10.1. The highest BCUT2D eigenvalue weighted by Gasteiger charge is 2.02. The lowest BCUT2D eigenvalue weighted by molar-refractivity contribution is 0.480. The van der Waals surface area contributed by atoms with Gasteiger partial charge in [-0.15, -0.1) is 10.2 Å². The first-order chi connectivity index (χ1) is 6.83. The molecule has 0 radical (unpaired) electrons. The van der Waals surface area contributed by atoms with Crippen molar-refractivity contribution in [2.24, 2.45) is 0 Å². The van der Waals surface area contributed by atoms with Crippen LogP contribution in [0.25, 0.3) is 0 Å². The summed E-state index contributed by atoms with van der Waals surface area (Å²) in [6, 6.07) is 0.528. The van der Waals surface area contributed by atoms with Gasteiger partial charge in [0.15, 0.2) is 5.82 Å². The molecule has 0 fully saturated rings. The van der Waals surface area contributed by atoms with Crippen molar-refractivity contribution in [2.75, 3.05) is 0 Å². The molecule has 0 amide bonds. The van der Waals surface area contributed by atoms with Crippen LogP contribution in [0.5, 0.6) is 0 Å². The fourth-order valence-corrected chi connectivity index (χ4v) is 1.33. The number of aromatic nitrogens is 4. The first-order valence-electron chi connectivity index (χ1n) is 5.28. The molecule has 2 N–H and O–H groups in total. The Morgan fingerprint density at radius 2 is 2.29 bits per heavy atom.